The zero-order valence-corrected chi connectivity index (χ0v) is 11.9. The molecule has 0 radical (unpaired) electrons. The van der Waals surface area contributed by atoms with Crippen LogP contribution in [0.3, 0.4) is 0 Å². The minimum absolute atomic E-state index is 0.444. The average Bonchev–Trinajstić information content (AvgIpc) is 2.39. The van der Waals surface area contributed by atoms with E-state index in [1.54, 1.807) is 7.11 Å². The third-order valence-electron chi connectivity index (χ3n) is 3.06. The molecule has 0 heterocycles. The summed E-state index contributed by atoms with van der Waals surface area (Å²) in [7, 11) is 1.66. The lowest BCUT2D eigenvalue weighted by Crippen LogP contribution is -2.45. The van der Waals surface area contributed by atoms with E-state index in [9.17, 15) is 0 Å². The molecule has 2 N–H and O–H groups in total. The van der Waals surface area contributed by atoms with Gasteiger partial charge in [0.2, 0.25) is 0 Å². The highest BCUT2D eigenvalue weighted by Crippen LogP contribution is 2.23. The first-order valence-corrected chi connectivity index (χ1v) is 6.41. The van der Waals surface area contributed by atoms with Crippen LogP contribution in [0.15, 0.2) is 49.6 Å². The molecule has 19 heavy (non-hydrogen) atoms. The van der Waals surface area contributed by atoms with E-state index in [2.05, 4.69) is 18.1 Å². The van der Waals surface area contributed by atoms with Crippen molar-refractivity contribution in [1.82, 2.24) is 4.90 Å². The van der Waals surface area contributed by atoms with Gasteiger partial charge in [0.05, 0.1) is 12.6 Å². The van der Waals surface area contributed by atoms with E-state index in [0.717, 1.165) is 30.9 Å². The molecule has 0 aliphatic carbocycles. The van der Waals surface area contributed by atoms with Gasteiger partial charge in [0.25, 0.3) is 0 Å². The molecule has 0 spiro atoms. The van der Waals surface area contributed by atoms with E-state index in [1.807, 2.05) is 43.3 Å². The average molecular weight is 260 g/mol. The number of hydrogen-bond acceptors (Lipinski definition) is 3. The largest absolute Gasteiger partial charge is 0.497 e. The molecule has 0 aromatic heterocycles. The Labute approximate surface area is 116 Å². The summed E-state index contributed by atoms with van der Waals surface area (Å²) < 4.78 is 5.25. The maximum Gasteiger partial charge on any atom is 0.119 e. The van der Waals surface area contributed by atoms with Gasteiger partial charge < -0.3 is 10.5 Å². The Morgan fingerprint density at radius 3 is 2.47 bits per heavy atom. The summed E-state index contributed by atoms with van der Waals surface area (Å²) in [6.07, 6.45) is 3.76. The first-order valence-electron chi connectivity index (χ1n) is 6.41. The van der Waals surface area contributed by atoms with Gasteiger partial charge in [-0.1, -0.05) is 24.3 Å². The van der Waals surface area contributed by atoms with Crippen LogP contribution < -0.4 is 10.5 Å². The topological polar surface area (TPSA) is 38.5 Å². The van der Waals surface area contributed by atoms with E-state index < -0.39 is 5.54 Å². The van der Waals surface area contributed by atoms with Crippen molar-refractivity contribution in [3.63, 3.8) is 0 Å². The molecule has 0 aliphatic heterocycles. The maximum absolute atomic E-state index is 6.46. The molecule has 0 saturated heterocycles. The van der Waals surface area contributed by atoms with Crippen molar-refractivity contribution in [2.75, 3.05) is 26.7 Å². The third-order valence-corrected chi connectivity index (χ3v) is 3.06. The monoisotopic (exact) mass is 260 g/mol. The lowest BCUT2D eigenvalue weighted by atomic mass is 9.92. The first kappa shape index (κ1) is 15.5. The molecule has 0 amide bonds. The number of methoxy groups -OCH3 is 1. The van der Waals surface area contributed by atoms with Crippen LogP contribution in [0.1, 0.15) is 12.5 Å². The zero-order chi connectivity index (χ0) is 14.3. The number of nitrogens with zero attached hydrogens (tertiary/aromatic N) is 1. The van der Waals surface area contributed by atoms with Gasteiger partial charge in [-0.25, -0.2) is 0 Å². The highest BCUT2D eigenvalue weighted by atomic mass is 16.5. The summed E-state index contributed by atoms with van der Waals surface area (Å²) >= 11 is 0. The van der Waals surface area contributed by atoms with Crippen LogP contribution in [0.5, 0.6) is 5.75 Å². The Bertz CT molecular complexity index is 417. The van der Waals surface area contributed by atoms with Gasteiger partial charge in [-0.3, -0.25) is 4.90 Å². The molecule has 3 heteroatoms. The fourth-order valence-electron chi connectivity index (χ4n) is 2.10. The molecule has 1 aromatic rings. The van der Waals surface area contributed by atoms with Gasteiger partial charge in [-0.15, -0.1) is 13.2 Å². The molecular weight excluding hydrogens is 236 g/mol. The van der Waals surface area contributed by atoms with Crippen LogP contribution in [0.4, 0.5) is 0 Å². The molecule has 3 nitrogen and oxygen atoms in total. The second kappa shape index (κ2) is 7.12. The number of hydrogen-bond donors (Lipinski definition) is 1. The molecule has 1 unspecified atom stereocenters. The standard InChI is InChI=1S/C16H24N2O/c1-5-10-18(11-6-2)13-16(3,17)14-8-7-9-15(12-14)19-4/h5-9,12H,1-2,10-11,13,17H2,3-4H3. The van der Waals surface area contributed by atoms with Gasteiger partial charge in [-0.2, -0.15) is 0 Å². The molecule has 1 rings (SSSR count). The Balaban J connectivity index is 2.87. The summed E-state index contributed by atoms with van der Waals surface area (Å²) in [4.78, 5) is 2.21. The lowest BCUT2D eigenvalue weighted by Gasteiger charge is -2.32. The van der Waals surface area contributed by atoms with Crippen molar-refractivity contribution in [2.24, 2.45) is 5.73 Å². The second-order valence-electron chi connectivity index (χ2n) is 4.92. The third kappa shape index (κ3) is 4.54. The molecule has 1 aromatic carbocycles. The van der Waals surface area contributed by atoms with Crippen molar-refractivity contribution in [3.8, 4) is 5.75 Å². The van der Waals surface area contributed by atoms with Crippen molar-refractivity contribution >= 4 is 0 Å². The summed E-state index contributed by atoms with van der Waals surface area (Å²) in [6.45, 7) is 11.9. The smallest absolute Gasteiger partial charge is 0.119 e. The van der Waals surface area contributed by atoms with Crippen molar-refractivity contribution < 1.29 is 4.74 Å². The number of rotatable bonds is 8. The van der Waals surface area contributed by atoms with Gasteiger partial charge >= 0.3 is 0 Å². The number of ether oxygens (including phenoxy) is 1. The van der Waals surface area contributed by atoms with E-state index >= 15 is 0 Å². The van der Waals surface area contributed by atoms with Crippen molar-refractivity contribution in [3.05, 3.63) is 55.1 Å². The van der Waals surface area contributed by atoms with Crippen LogP contribution in [-0.2, 0) is 5.54 Å². The number of benzene rings is 1. The molecule has 0 fully saturated rings. The fourth-order valence-corrected chi connectivity index (χ4v) is 2.10. The predicted molar refractivity (Wildman–Crippen MR) is 81.4 cm³/mol. The van der Waals surface area contributed by atoms with Gasteiger partial charge in [0.1, 0.15) is 5.75 Å². The van der Waals surface area contributed by atoms with Crippen molar-refractivity contribution in [1.29, 1.82) is 0 Å². The normalized spacial score (nSPS) is 13.9. The minimum atomic E-state index is -0.444. The summed E-state index contributed by atoms with van der Waals surface area (Å²) in [5.74, 6) is 0.827. The Morgan fingerprint density at radius 1 is 1.32 bits per heavy atom. The molecular formula is C16H24N2O. The minimum Gasteiger partial charge on any atom is -0.497 e. The van der Waals surface area contributed by atoms with Crippen LogP contribution >= 0.6 is 0 Å². The number of nitrogens with two attached hydrogens (primary N) is 1. The quantitative estimate of drug-likeness (QED) is 0.730. The van der Waals surface area contributed by atoms with Crippen LogP contribution in [0.25, 0.3) is 0 Å². The fraction of sp³-hybridized carbons (Fsp3) is 0.375. The highest BCUT2D eigenvalue weighted by Gasteiger charge is 2.24. The summed E-state index contributed by atoms with van der Waals surface area (Å²) in [6, 6.07) is 7.90. The SMILES string of the molecule is C=CCN(CC=C)CC(C)(N)c1cccc(OC)c1. The molecule has 0 aliphatic rings. The Morgan fingerprint density at radius 2 is 1.95 bits per heavy atom. The van der Waals surface area contributed by atoms with E-state index in [1.165, 1.54) is 0 Å². The maximum atomic E-state index is 6.46. The zero-order valence-electron chi connectivity index (χ0n) is 11.9. The molecule has 1 atom stereocenters. The first-order chi connectivity index (χ1) is 9.03. The Kier molecular flexibility index (Phi) is 5.80. The van der Waals surface area contributed by atoms with E-state index in [0.29, 0.717) is 0 Å². The van der Waals surface area contributed by atoms with E-state index in [4.69, 9.17) is 10.5 Å². The van der Waals surface area contributed by atoms with Crippen LogP contribution in [-0.4, -0.2) is 31.6 Å². The second-order valence-corrected chi connectivity index (χ2v) is 4.92. The van der Waals surface area contributed by atoms with E-state index in [-0.39, 0.29) is 0 Å². The molecule has 104 valence electrons. The Hall–Kier alpha value is -1.58. The van der Waals surface area contributed by atoms with Gasteiger partial charge in [0, 0.05) is 19.6 Å². The summed E-state index contributed by atoms with van der Waals surface area (Å²) in [5, 5.41) is 0. The summed E-state index contributed by atoms with van der Waals surface area (Å²) in [5.41, 5.74) is 7.07. The molecule has 0 bridgehead atoms. The lowest BCUT2D eigenvalue weighted by molar-refractivity contribution is 0.258. The highest BCUT2D eigenvalue weighted by molar-refractivity contribution is 5.33. The van der Waals surface area contributed by atoms with Gasteiger partial charge in [0.15, 0.2) is 0 Å². The predicted octanol–water partition coefficient (Wildman–Crippen LogP) is 2.54. The van der Waals surface area contributed by atoms with Crippen LogP contribution in [0, 0.1) is 0 Å². The van der Waals surface area contributed by atoms with Gasteiger partial charge in [-0.05, 0) is 24.6 Å². The van der Waals surface area contributed by atoms with Crippen LogP contribution in [0.2, 0.25) is 0 Å². The van der Waals surface area contributed by atoms with Crippen molar-refractivity contribution in [2.45, 2.75) is 12.5 Å². The molecule has 0 saturated carbocycles.